The zero-order chi connectivity index (χ0) is 16.1. The van der Waals surface area contributed by atoms with E-state index in [-0.39, 0.29) is 16.7 Å². The highest BCUT2D eigenvalue weighted by molar-refractivity contribution is 5.43. The first-order valence-corrected chi connectivity index (χ1v) is 7.86. The number of likely N-dealkylation sites (tertiary alicyclic amines) is 1. The first-order valence-electron chi connectivity index (χ1n) is 7.86. The third-order valence-electron chi connectivity index (χ3n) is 4.26. The van der Waals surface area contributed by atoms with Gasteiger partial charge in [-0.05, 0) is 45.3 Å². The number of β-amino-alcohol motifs (C(OH)–C–C–N with tert-alkyl or cyclic N) is 1. The fraction of sp³-hybridized carbons (Fsp3) is 0.625. The number of nitrogens with zero attached hydrogens (tertiary/aromatic N) is 2. The Balaban J connectivity index is 1.87. The summed E-state index contributed by atoms with van der Waals surface area (Å²) in [6.45, 7) is 7.00. The van der Waals surface area contributed by atoms with Crippen molar-refractivity contribution in [2.45, 2.75) is 38.8 Å². The van der Waals surface area contributed by atoms with E-state index in [0.717, 1.165) is 18.7 Å². The molecule has 122 valence electrons. The smallest absolute Gasteiger partial charge is 0.272 e. The maximum atomic E-state index is 11.0. The Morgan fingerprint density at radius 3 is 2.73 bits per heavy atom. The van der Waals surface area contributed by atoms with Gasteiger partial charge in [-0.25, -0.2) is 0 Å². The number of aryl methyl sites for hydroxylation is 1. The molecule has 1 aliphatic heterocycles. The Bertz CT molecular complexity index is 515. The molecule has 1 fully saturated rings. The minimum Gasteiger partial charge on any atom is -0.390 e. The highest BCUT2D eigenvalue weighted by Crippen LogP contribution is 2.23. The Labute approximate surface area is 131 Å². The van der Waals surface area contributed by atoms with Gasteiger partial charge in [-0.3, -0.25) is 10.1 Å². The van der Waals surface area contributed by atoms with E-state index in [1.807, 2.05) is 13.0 Å². The molecule has 0 spiro atoms. The van der Waals surface area contributed by atoms with E-state index >= 15 is 0 Å². The molecule has 1 heterocycles. The predicted molar refractivity (Wildman–Crippen MR) is 85.9 cm³/mol. The molecule has 2 rings (SSSR count). The van der Waals surface area contributed by atoms with Crippen LogP contribution in [0.5, 0.6) is 0 Å². The van der Waals surface area contributed by atoms with E-state index in [4.69, 9.17) is 0 Å². The van der Waals surface area contributed by atoms with Crippen LogP contribution in [0.25, 0.3) is 0 Å². The number of aliphatic hydroxyl groups excluding tert-OH is 1. The second kappa shape index (κ2) is 7.67. The molecule has 1 saturated heterocycles. The zero-order valence-electron chi connectivity index (χ0n) is 13.3. The van der Waals surface area contributed by atoms with Gasteiger partial charge in [0, 0.05) is 30.8 Å². The molecule has 0 bridgehead atoms. The van der Waals surface area contributed by atoms with Gasteiger partial charge in [-0.1, -0.05) is 12.1 Å². The summed E-state index contributed by atoms with van der Waals surface area (Å²) >= 11 is 0. The predicted octanol–water partition coefficient (Wildman–Crippen LogP) is 2.01. The Kier molecular flexibility index (Phi) is 5.88. The molecule has 0 amide bonds. The maximum Gasteiger partial charge on any atom is 0.272 e. The quantitative estimate of drug-likeness (QED) is 0.595. The average molecular weight is 307 g/mol. The highest BCUT2D eigenvalue weighted by Gasteiger charge is 2.18. The molecule has 1 aromatic carbocycles. The third kappa shape index (κ3) is 4.50. The van der Waals surface area contributed by atoms with Gasteiger partial charge in [0.1, 0.15) is 0 Å². The van der Waals surface area contributed by atoms with Gasteiger partial charge in [-0.15, -0.1) is 0 Å². The fourth-order valence-corrected chi connectivity index (χ4v) is 2.85. The number of hydrogen-bond donors (Lipinski definition) is 2. The normalized spacial score (nSPS) is 18.3. The number of rotatable bonds is 7. The van der Waals surface area contributed by atoms with Crippen molar-refractivity contribution in [3.8, 4) is 0 Å². The van der Waals surface area contributed by atoms with Crippen LogP contribution in [0.4, 0.5) is 5.69 Å². The number of nitrogens with one attached hydrogen (secondary N) is 1. The summed E-state index contributed by atoms with van der Waals surface area (Å²) in [6, 6.07) is 5.24. The van der Waals surface area contributed by atoms with Crippen LogP contribution in [0.1, 0.15) is 36.9 Å². The molecule has 6 nitrogen and oxygen atoms in total. The van der Waals surface area contributed by atoms with Crippen LogP contribution in [-0.2, 0) is 0 Å². The molecular weight excluding hydrogens is 282 g/mol. The zero-order valence-corrected chi connectivity index (χ0v) is 13.3. The van der Waals surface area contributed by atoms with Crippen molar-refractivity contribution in [1.82, 2.24) is 10.2 Å². The van der Waals surface area contributed by atoms with Gasteiger partial charge in [0.2, 0.25) is 0 Å². The lowest BCUT2D eigenvalue weighted by molar-refractivity contribution is -0.385. The standard InChI is InChI=1S/C16H25N3O3/c1-12-5-6-14(9-16(12)19(21)22)13(2)17-10-15(20)11-18-7-3-4-8-18/h5-6,9,13,15,17,20H,3-4,7-8,10-11H2,1-2H3. The molecule has 0 saturated carbocycles. The molecule has 0 aromatic heterocycles. The minimum absolute atomic E-state index is 0.0347. The summed E-state index contributed by atoms with van der Waals surface area (Å²) in [5.74, 6) is 0. The Hall–Kier alpha value is -1.50. The largest absolute Gasteiger partial charge is 0.390 e. The Morgan fingerprint density at radius 1 is 1.41 bits per heavy atom. The molecule has 0 radical (unpaired) electrons. The third-order valence-corrected chi connectivity index (χ3v) is 4.26. The van der Waals surface area contributed by atoms with E-state index in [1.54, 1.807) is 19.1 Å². The second-order valence-corrected chi connectivity index (χ2v) is 6.09. The van der Waals surface area contributed by atoms with E-state index in [1.165, 1.54) is 12.8 Å². The lowest BCUT2D eigenvalue weighted by atomic mass is 10.0. The topological polar surface area (TPSA) is 78.6 Å². The summed E-state index contributed by atoms with van der Waals surface area (Å²) in [4.78, 5) is 12.9. The van der Waals surface area contributed by atoms with Crippen molar-refractivity contribution in [3.63, 3.8) is 0 Å². The van der Waals surface area contributed by atoms with Gasteiger partial charge in [-0.2, -0.15) is 0 Å². The van der Waals surface area contributed by atoms with Crippen LogP contribution in [0.3, 0.4) is 0 Å². The summed E-state index contributed by atoms with van der Waals surface area (Å²) < 4.78 is 0. The molecular formula is C16H25N3O3. The fourth-order valence-electron chi connectivity index (χ4n) is 2.85. The number of nitro benzene ring substituents is 1. The van der Waals surface area contributed by atoms with Crippen molar-refractivity contribution in [3.05, 3.63) is 39.4 Å². The molecule has 2 unspecified atom stereocenters. The Morgan fingerprint density at radius 2 is 2.09 bits per heavy atom. The van der Waals surface area contributed by atoms with Crippen LogP contribution >= 0.6 is 0 Å². The number of nitro groups is 1. The first kappa shape index (κ1) is 16.9. The van der Waals surface area contributed by atoms with Crippen LogP contribution in [0, 0.1) is 17.0 Å². The summed E-state index contributed by atoms with van der Waals surface area (Å²) in [7, 11) is 0. The molecule has 1 aliphatic rings. The van der Waals surface area contributed by atoms with E-state index in [2.05, 4.69) is 10.2 Å². The molecule has 22 heavy (non-hydrogen) atoms. The minimum atomic E-state index is -0.416. The van der Waals surface area contributed by atoms with Gasteiger partial charge in [0.25, 0.3) is 5.69 Å². The van der Waals surface area contributed by atoms with Crippen LogP contribution in [-0.4, -0.2) is 47.2 Å². The van der Waals surface area contributed by atoms with Crippen LogP contribution in [0.2, 0.25) is 0 Å². The lowest BCUT2D eigenvalue weighted by Crippen LogP contribution is -2.37. The van der Waals surface area contributed by atoms with Crippen LogP contribution in [0.15, 0.2) is 18.2 Å². The van der Waals surface area contributed by atoms with Crippen molar-refractivity contribution >= 4 is 5.69 Å². The van der Waals surface area contributed by atoms with Gasteiger partial charge in [0.05, 0.1) is 11.0 Å². The summed E-state index contributed by atoms with van der Waals surface area (Å²) in [5, 5.41) is 24.3. The van der Waals surface area contributed by atoms with Crippen molar-refractivity contribution in [2.24, 2.45) is 0 Å². The average Bonchev–Trinajstić information content (AvgIpc) is 2.97. The summed E-state index contributed by atoms with van der Waals surface area (Å²) in [5.41, 5.74) is 1.67. The van der Waals surface area contributed by atoms with Crippen molar-refractivity contribution in [2.75, 3.05) is 26.2 Å². The van der Waals surface area contributed by atoms with E-state index < -0.39 is 6.10 Å². The highest BCUT2D eigenvalue weighted by atomic mass is 16.6. The molecule has 0 aliphatic carbocycles. The number of aliphatic hydroxyl groups is 1. The van der Waals surface area contributed by atoms with Crippen molar-refractivity contribution < 1.29 is 10.0 Å². The van der Waals surface area contributed by atoms with Gasteiger partial charge >= 0.3 is 0 Å². The molecule has 2 N–H and O–H groups in total. The number of benzene rings is 1. The van der Waals surface area contributed by atoms with Gasteiger partial charge < -0.3 is 15.3 Å². The molecule has 2 atom stereocenters. The summed E-state index contributed by atoms with van der Waals surface area (Å²) in [6.07, 6.45) is 2.01. The lowest BCUT2D eigenvalue weighted by Gasteiger charge is -2.22. The van der Waals surface area contributed by atoms with E-state index in [9.17, 15) is 15.2 Å². The monoisotopic (exact) mass is 307 g/mol. The van der Waals surface area contributed by atoms with E-state index in [0.29, 0.717) is 18.7 Å². The number of hydrogen-bond acceptors (Lipinski definition) is 5. The SMILES string of the molecule is Cc1ccc(C(C)NCC(O)CN2CCCC2)cc1[N+](=O)[O-]. The van der Waals surface area contributed by atoms with Crippen LogP contribution < -0.4 is 5.32 Å². The maximum absolute atomic E-state index is 11.0. The molecule has 1 aromatic rings. The van der Waals surface area contributed by atoms with Crippen molar-refractivity contribution in [1.29, 1.82) is 0 Å². The first-order chi connectivity index (χ1) is 10.5. The second-order valence-electron chi connectivity index (χ2n) is 6.09. The van der Waals surface area contributed by atoms with Gasteiger partial charge in [0.15, 0.2) is 0 Å². The molecule has 6 heteroatoms.